The lowest BCUT2D eigenvalue weighted by Gasteiger charge is -2.07. The lowest BCUT2D eigenvalue weighted by atomic mass is 10.0. The van der Waals surface area contributed by atoms with Gasteiger partial charge in [0.1, 0.15) is 0 Å². The highest BCUT2D eigenvalue weighted by Crippen LogP contribution is 2.28. The largest absolute Gasteiger partial charge is 0.462 e. The number of anilines is 1. The van der Waals surface area contributed by atoms with Gasteiger partial charge in [-0.15, -0.1) is 0 Å². The van der Waals surface area contributed by atoms with Crippen molar-refractivity contribution in [1.82, 2.24) is 0 Å². The third-order valence-corrected chi connectivity index (χ3v) is 2.54. The van der Waals surface area contributed by atoms with E-state index in [1.807, 2.05) is 6.92 Å². The zero-order valence-corrected chi connectivity index (χ0v) is 9.29. The first-order valence-electron chi connectivity index (χ1n) is 5.22. The second-order valence-corrected chi connectivity index (χ2v) is 3.77. The number of hydrogen-bond donors (Lipinski definition) is 1. The molecule has 0 spiro atoms. The number of fused-ring (bicyclic) bond motifs is 1. The summed E-state index contributed by atoms with van der Waals surface area (Å²) in [5.41, 5.74) is 3.10. The van der Waals surface area contributed by atoms with Crippen LogP contribution in [0.2, 0.25) is 0 Å². The molecule has 0 unspecified atom stereocenters. The van der Waals surface area contributed by atoms with Crippen LogP contribution in [0.4, 0.5) is 5.69 Å². The molecule has 1 aliphatic heterocycles. The number of ether oxygens (including phenoxy) is 1. The summed E-state index contributed by atoms with van der Waals surface area (Å²) in [4.78, 5) is 22.8. The molecule has 84 valence electrons. The van der Waals surface area contributed by atoms with Crippen LogP contribution in [0.5, 0.6) is 0 Å². The van der Waals surface area contributed by atoms with Gasteiger partial charge in [0.2, 0.25) is 5.91 Å². The van der Waals surface area contributed by atoms with E-state index in [0.717, 1.165) is 16.8 Å². The molecule has 1 heterocycles. The summed E-state index contributed by atoms with van der Waals surface area (Å²) in [7, 11) is 0. The van der Waals surface area contributed by atoms with E-state index in [0.29, 0.717) is 18.6 Å². The fraction of sp³-hybridized carbons (Fsp3) is 0.333. The lowest BCUT2D eigenvalue weighted by molar-refractivity contribution is -0.115. The highest BCUT2D eigenvalue weighted by Gasteiger charge is 2.21. The van der Waals surface area contributed by atoms with Gasteiger partial charge in [-0.2, -0.15) is 0 Å². The van der Waals surface area contributed by atoms with Crippen LogP contribution < -0.4 is 5.32 Å². The number of carbonyl (C=O) groups is 2. The Morgan fingerprint density at radius 1 is 1.50 bits per heavy atom. The van der Waals surface area contributed by atoms with Crippen LogP contribution in [0.3, 0.4) is 0 Å². The summed E-state index contributed by atoms with van der Waals surface area (Å²) in [5, 5.41) is 2.77. The van der Waals surface area contributed by atoms with Crippen molar-refractivity contribution in [2.45, 2.75) is 20.3 Å². The van der Waals surface area contributed by atoms with Crippen molar-refractivity contribution in [3.05, 3.63) is 28.8 Å². The highest BCUT2D eigenvalue weighted by atomic mass is 16.5. The van der Waals surface area contributed by atoms with Crippen molar-refractivity contribution in [3.63, 3.8) is 0 Å². The summed E-state index contributed by atoms with van der Waals surface area (Å²) in [5.74, 6) is -0.369. The third kappa shape index (κ3) is 1.78. The number of rotatable bonds is 2. The van der Waals surface area contributed by atoms with Crippen molar-refractivity contribution in [2.24, 2.45) is 0 Å². The topological polar surface area (TPSA) is 55.4 Å². The molecule has 2 rings (SSSR count). The molecule has 0 saturated heterocycles. The van der Waals surface area contributed by atoms with Gasteiger partial charge in [-0.05, 0) is 37.1 Å². The Labute approximate surface area is 93.6 Å². The molecule has 4 heteroatoms. The van der Waals surface area contributed by atoms with E-state index < -0.39 is 0 Å². The van der Waals surface area contributed by atoms with E-state index in [4.69, 9.17) is 4.74 Å². The molecule has 0 aliphatic carbocycles. The smallest absolute Gasteiger partial charge is 0.338 e. The van der Waals surface area contributed by atoms with Gasteiger partial charge in [0.15, 0.2) is 0 Å². The predicted molar refractivity (Wildman–Crippen MR) is 59.5 cm³/mol. The van der Waals surface area contributed by atoms with Crippen LogP contribution in [0, 0.1) is 6.92 Å². The molecule has 0 radical (unpaired) electrons. The van der Waals surface area contributed by atoms with E-state index in [1.54, 1.807) is 19.1 Å². The van der Waals surface area contributed by atoms with Gasteiger partial charge in [-0.3, -0.25) is 4.79 Å². The fourth-order valence-electron chi connectivity index (χ4n) is 1.87. The Balaban J connectivity index is 2.38. The van der Waals surface area contributed by atoms with E-state index in [2.05, 4.69) is 5.32 Å². The molecule has 1 aromatic rings. The first-order valence-corrected chi connectivity index (χ1v) is 5.22. The van der Waals surface area contributed by atoms with E-state index in [9.17, 15) is 9.59 Å². The number of nitrogens with one attached hydrogen (secondary N) is 1. The normalized spacial score (nSPS) is 13.2. The minimum Gasteiger partial charge on any atom is -0.462 e. The van der Waals surface area contributed by atoms with E-state index in [1.165, 1.54) is 0 Å². The number of hydrogen-bond acceptors (Lipinski definition) is 3. The molecule has 4 nitrogen and oxygen atoms in total. The Morgan fingerprint density at radius 2 is 2.25 bits per heavy atom. The summed E-state index contributed by atoms with van der Waals surface area (Å²) in [6.07, 6.45) is 0.337. The predicted octanol–water partition coefficient (Wildman–Crippen LogP) is 1.67. The van der Waals surface area contributed by atoms with Crippen molar-refractivity contribution < 1.29 is 14.3 Å². The van der Waals surface area contributed by atoms with Crippen LogP contribution in [0.15, 0.2) is 12.1 Å². The Morgan fingerprint density at radius 3 is 2.94 bits per heavy atom. The number of benzene rings is 1. The van der Waals surface area contributed by atoms with Crippen LogP contribution in [-0.2, 0) is 16.0 Å². The van der Waals surface area contributed by atoms with Crippen molar-refractivity contribution >= 4 is 17.6 Å². The van der Waals surface area contributed by atoms with E-state index >= 15 is 0 Å². The minimum absolute atomic E-state index is 0.0286. The first kappa shape index (κ1) is 10.7. The van der Waals surface area contributed by atoms with Gasteiger partial charge < -0.3 is 10.1 Å². The Kier molecular flexibility index (Phi) is 2.64. The van der Waals surface area contributed by atoms with Gasteiger partial charge >= 0.3 is 5.97 Å². The number of carbonyl (C=O) groups excluding carboxylic acids is 2. The number of esters is 1. The zero-order chi connectivity index (χ0) is 11.7. The molecule has 0 aromatic heterocycles. The van der Waals surface area contributed by atoms with Gasteiger partial charge in [-0.1, -0.05) is 0 Å². The quantitative estimate of drug-likeness (QED) is 0.770. The Bertz CT molecular complexity index is 466. The van der Waals surface area contributed by atoms with Crippen LogP contribution >= 0.6 is 0 Å². The van der Waals surface area contributed by atoms with Gasteiger partial charge in [0, 0.05) is 5.69 Å². The SMILES string of the molecule is CCOC(=O)c1cc(C)c2c(c1)CC(=O)N2. The zero-order valence-electron chi connectivity index (χ0n) is 9.29. The maximum Gasteiger partial charge on any atom is 0.338 e. The molecule has 0 atom stereocenters. The molecule has 0 saturated carbocycles. The summed E-state index contributed by atoms with van der Waals surface area (Å²) in [6.45, 7) is 3.99. The molecule has 0 bridgehead atoms. The maximum absolute atomic E-state index is 11.6. The minimum atomic E-state index is -0.340. The average Bonchev–Trinajstić information content (AvgIpc) is 2.59. The molecule has 16 heavy (non-hydrogen) atoms. The molecule has 1 aromatic carbocycles. The highest BCUT2D eigenvalue weighted by molar-refractivity contribution is 6.01. The number of amides is 1. The van der Waals surface area contributed by atoms with Crippen molar-refractivity contribution in [2.75, 3.05) is 11.9 Å². The first-order chi connectivity index (χ1) is 7.61. The van der Waals surface area contributed by atoms with Crippen molar-refractivity contribution in [3.8, 4) is 0 Å². The number of aryl methyl sites for hydroxylation is 1. The van der Waals surface area contributed by atoms with E-state index in [-0.39, 0.29) is 11.9 Å². The fourth-order valence-corrected chi connectivity index (χ4v) is 1.87. The maximum atomic E-state index is 11.6. The van der Waals surface area contributed by atoms with Crippen LogP contribution in [0.1, 0.15) is 28.4 Å². The van der Waals surface area contributed by atoms with Gasteiger partial charge in [0.05, 0.1) is 18.6 Å². The summed E-state index contributed by atoms with van der Waals surface area (Å²) >= 11 is 0. The monoisotopic (exact) mass is 219 g/mol. The standard InChI is InChI=1S/C12H13NO3/c1-3-16-12(15)9-4-7(2)11-8(5-9)6-10(14)13-11/h4-5H,3,6H2,1-2H3,(H,13,14). The lowest BCUT2D eigenvalue weighted by Crippen LogP contribution is -2.06. The van der Waals surface area contributed by atoms with Crippen molar-refractivity contribution in [1.29, 1.82) is 0 Å². The molecule has 1 aliphatic rings. The second-order valence-electron chi connectivity index (χ2n) is 3.77. The molecular formula is C12H13NO3. The summed E-state index contributed by atoms with van der Waals surface area (Å²) in [6, 6.07) is 3.46. The van der Waals surface area contributed by atoms with Gasteiger partial charge in [-0.25, -0.2) is 4.79 Å². The third-order valence-electron chi connectivity index (χ3n) is 2.54. The van der Waals surface area contributed by atoms with Crippen LogP contribution in [0.25, 0.3) is 0 Å². The average molecular weight is 219 g/mol. The van der Waals surface area contributed by atoms with Crippen LogP contribution in [-0.4, -0.2) is 18.5 Å². The second kappa shape index (κ2) is 3.96. The molecule has 0 fully saturated rings. The summed E-state index contributed by atoms with van der Waals surface area (Å²) < 4.78 is 4.93. The molecule has 1 amide bonds. The molecule has 1 N–H and O–H groups in total. The van der Waals surface area contributed by atoms with Gasteiger partial charge in [0.25, 0.3) is 0 Å². The Hall–Kier alpha value is -1.84. The molecular weight excluding hydrogens is 206 g/mol.